The summed E-state index contributed by atoms with van der Waals surface area (Å²) in [4.78, 5) is 0. The fourth-order valence-corrected chi connectivity index (χ4v) is 2.05. The Morgan fingerprint density at radius 3 is 2.36 bits per heavy atom. The first-order valence-electron chi connectivity index (χ1n) is 3.08. The van der Waals surface area contributed by atoms with Crippen LogP contribution in [-0.2, 0) is 0 Å². The van der Waals surface area contributed by atoms with Crippen molar-refractivity contribution in [3.8, 4) is 0 Å². The third-order valence-corrected chi connectivity index (χ3v) is 4.45. The van der Waals surface area contributed by atoms with Crippen LogP contribution in [0, 0.1) is 0 Å². The molecule has 0 bridgehead atoms. The van der Waals surface area contributed by atoms with Crippen molar-refractivity contribution in [2.45, 2.75) is 11.3 Å². The predicted molar refractivity (Wildman–Crippen MR) is 54.0 cm³/mol. The van der Waals surface area contributed by atoms with E-state index < -0.39 is 11.7 Å². The van der Waals surface area contributed by atoms with Crippen LogP contribution in [0.15, 0.2) is 23.0 Å². The molecule has 0 N–H and O–H groups in total. The molecule has 1 aliphatic carbocycles. The molecule has 5 heteroatoms. The molecule has 0 aromatic rings. The Kier molecular flexibility index (Phi) is 3.15. The maximum absolute atomic E-state index is 12.8. The molecule has 5 unspecified atom stereocenters. The molecular weight excluding hydrogens is 203 g/mol. The summed E-state index contributed by atoms with van der Waals surface area (Å²) in [5.74, 6) is -1.50. The molecule has 0 heterocycles. The van der Waals surface area contributed by atoms with E-state index in [-0.39, 0.29) is 11.3 Å². The van der Waals surface area contributed by atoms with Gasteiger partial charge in [0.2, 0.25) is 0 Å². The predicted octanol–water partition coefficient (Wildman–Crippen LogP) is 2.40. The first kappa shape index (κ1) is 9.72. The molecule has 0 aromatic heterocycles. The van der Waals surface area contributed by atoms with Crippen molar-refractivity contribution in [2.24, 2.45) is 0 Å². The van der Waals surface area contributed by atoms with E-state index >= 15 is 0 Å². The lowest BCUT2D eigenvalue weighted by Crippen LogP contribution is -2.16. The van der Waals surface area contributed by atoms with E-state index in [1.165, 1.54) is 6.08 Å². The Bertz CT molecular complexity index is 234. The molecule has 0 fully saturated rings. The third kappa shape index (κ3) is 1.86. The summed E-state index contributed by atoms with van der Waals surface area (Å²) in [6.45, 7) is 0. The molecule has 0 amide bonds. The quantitative estimate of drug-likeness (QED) is 0.541. The molecule has 0 saturated carbocycles. The second-order valence-electron chi connectivity index (χ2n) is 2.39. The highest BCUT2D eigenvalue weighted by molar-refractivity contribution is 7.29. The van der Waals surface area contributed by atoms with Gasteiger partial charge in [0.15, 0.2) is 11.7 Å². The average molecular weight is 212 g/mol. The molecule has 0 radical (unpaired) electrons. The molecule has 1 rings (SSSR count). The number of hydrogen-bond acceptors (Lipinski definition) is 0. The molecule has 1 aliphatic rings. The largest absolute Gasteiger partial charge is 0.204 e. The molecule has 0 nitrogen and oxygen atoms in total. The van der Waals surface area contributed by atoms with Gasteiger partial charge in [-0.05, 0) is 11.4 Å². The first-order valence-corrected chi connectivity index (χ1v) is 4.99. The third-order valence-electron chi connectivity index (χ3n) is 1.58. The van der Waals surface area contributed by atoms with Gasteiger partial charge < -0.3 is 0 Å². The van der Waals surface area contributed by atoms with Crippen LogP contribution in [0.4, 0.5) is 8.78 Å². The van der Waals surface area contributed by atoms with E-state index in [0.717, 1.165) is 0 Å². The molecule has 5 atom stereocenters. The Morgan fingerprint density at radius 1 is 1.27 bits per heavy atom. The summed E-state index contributed by atoms with van der Waals surface area (Å²) in [5, 5.41) is 0.384. The van der Waals surface area contributed by atoms with Gasteiger partial charge in [-0.25, -0.2) is 8.78 Å². The van der Waals surface area contributed by atoms with Gasteiger partial charge in [0.05, 0.1) is 0 Å². The van der Waals surface area contributed by atoms with Crippen molar-refractivity contribution in [1.82, 2.24) is 0 Å². The maximum atomic E-state index is 12.8. The Balaban J connectivity index is 3.02. The number of rotatable bonds is 0. The second kappa shape index (κ2) is 3.56. The number of allylic oxidation sites excluding steroid dienone is 4. The molecule has 11 heavy (non-hydrogen) atoms. The fraction of sp³-hybridized carbons (Fsp3) is 0.333. The summed E-state index contributed by atoms with van der Waals surface area (Å²) in [6, 6.07) is 0. The summed E-state index contributed by atoms with van der Waals surface area (Å²) >= 11 is 0. The Labute approximate surface area is 71.5 Å². The van der Waals surface area contributed by atoms with E-state index in [4.69, 9.17) is 0 Å². The summed E-state index contributed by atoms with van der Waals surface area (Å²) in [5.41, 5.74) is -0.0727. The van der Waals surface area contributed by atoms with Gasteiger partial charge in [-0.1, -0.05) is 0 Å². The van der Waals surface area contributed by atoms with E-state index in [9.17, 15) is 8.78 Å². The van der Waals surface area contributed by atoms with Crippen LogP contribution in [0.1, 0.15) is 0 Å². The highest BCUT2D eigenvalue weighted by atomic mass is 31.0. The number of halogens is 2. The zero-order valence-corrected chi connectivity index (χ0v) is 9.18. The zero-order valence-electron chi connectivity index (χ0n) is 5.72. The van der Waals surface area contributed by atoms with Crippen molar-refractivity contribution < 1.29 is 8.78 Å². The van der Waals surface area contributed by atoms with Gasteiger partial charge in [-0.2, -0.15) is 0 Å². The standard InChI is InChI=1S/C6H9F2P3/c7-2-1-3(9)5(10)6(11)4(2)8/h1,3,5H,9-11H2. The highest BCUT2D eigenvalue weighted by Crippen LogP contribution is 2.38. The van der Waals surface area contributed by atoms with E-state index in [1.54, 1.807) is 0 Å². The van der Waals surface area contributed by atoms with Crippen LogP contribution in [-0.4, -0.2) is 11.3 Å². The van der Waals surface area contributed by atoms with Crippen LogP contribution >= 0.6 is 27.7 Å². The minimum atomic E-state index is -0.756. The van der Waals surface area contributed by atoms with Crippen LogP contribution in [0.25, 0.3) is 0 Å². The minimum absolute atomic E-state index is 0.0352. The van der Waals surface area contributed by atoms with Crippen molar-refractivity contribution in [1.29, 1.82) is 0 Å². The van der Waals surface area contributed by atoms with Gasteiger partial charge in [-0.3, -0.25) is 0 Å². The van der Waals surface area contributed by atoms with Gasteiger partial charge in [-0.15, -0.1) is 27.7 Å². The lowest BCUT2D eigenvalue weighted by molar-refractivity contribution is 0.529. The van der Waals surface area contributed by atoms with Crippen LogP contribution in [0.3, 0.4) is 0 Å². The molecule has 62 valence electrons. The van der Waals surface area contributed by atoms with Gasteiger partial charge in [0.1, 0.15) is 0 Å². The summed E-state index contributed by atoms with van der Waals surface area (Å²) in [6.07, 6.45) is 1.27. The van der Waals surface area contributed by atoms with Crippen molar-refractivity contribution in [2.75, 3.05) is 0 Å². The van der Waals surface area contributed by atoms with Gasteiger partial charge >= 0.3 is 0 Å². The van der Waals surface area contributed by atoms with E-state index in [0.29, 0.717) is 5.31 Å². The van der Waals surface area contributed by atoms with E-state index in [2.05, 4.69) is 27.7 Å². The number of hydrogen-bond donors (Lipinski definition) is 0. The fourth-order valence-electron chi connectivity index (χ4n) is 0.837. The minimum Gasteiger partial charge on any atom is -0.204 e. The van der Waals surface area contributed by atoms with Crippen molar-refractivity contribution >= 4 is 27.7 Å². The van der Waals surface area contributed by atoms with Crippen LogP contribution in [0.5, 0.6) is 0 Å². The van der Waals surface area contributed by atoms with Gasteiger partial charge in [0, 0.05) is 11.3 Å². The van der Waals surface area contributed by atoms with Crippen LogP contribution < -0.4 is 0 Å². The summed E-state index contributed by atoms with van der Waals surface area (Å²) in [7, 11) is 7.15. The monoisotopic (exact) mass is 212 g/mol. The van der Waals surface area contributed by atoms with Crippen molar-refractivity contribution in [3.05, 3.63) is 23.0 Å². The first-order chi connectivity index (χ1) is 5.04. The SMILES string of the molecule is FC1=CC(P)C(P)C(P)=C1F. The Hall–Kier alpha value is 0.630. The average Bonchev–Trinajstić information content (AvgIpc) is 1.97. The molecule has 0 spiro atoms. The smallest absolute Gasteiger partial charge is 0.162 e. The zero-order chi connectivity index (χ0) is 8.59. The molecule has 0 aromatic carbocycles. The van der Waals surface area contributed by atoms with E-state index in [1.807, 2.05) is 0 Å². The lowest BCUT2D eigenvalue weighted by atomic mass is 10.1. The van der Waals surface area contributed by atoms with Crippen LogP contribution in [0.2, 0.25) is 0 Å². The Morgan fingerprint density at radius 2 is 1.82 bits per heavy atom. The normalized spacial score (nSPS) is 32.3. The molecule has 0 saturated heterocycles. The second-order valence-corrected chi connectivity index (χ2v) is 4.50. The molecule has 0 aliphatic heterocycles. The highest BCUT2D eigenvalue weighted by Gasteiger charge is 2.24. The summed E-state index contributed by atoms with van der Waals surface area (Å²) < 4.78 is 25.4. The lowest BCUT2D eigenvalue weighted by Gasteiger charge is -2.21. The topological polar surface area (TPSA) is 0 Å². The van der Waals surface area contributed by atoms with Gasteiger partial charge in [0.25, 0.3) is 0 Å². The molecular formula is C6H9F2P3. The van der Waals surface area contributed by atoms with Crippen molar-refractivity contribution in [3.63, 3.8) is 0 Å². The maximum Gasteiger partial charge on any atom is 0.162 e.